The Balaban J connectivity index is 1.04. The maximum atomic E-state index is 18.1. The Labute approximate surface area is 704 Å². The number of aryl methyl sites for hydroxylation is 4. The first kappa shape index (κ1) is 93.8. The predicted octanol–water partition coefficient (Wildman–Crippen LogP) is 34.4. The lowest BCUT2D eigenvalue weighted by molar-refractivity contribution is 0.0877. The van der Waals surface area contributed by atoms with Gasteiger partial charge in [-0.05, 0) is 170 Å². The Hall–Kier alpha value is -6.02. The predicted molar refractivity (Wildman–Crippen MR) is 496 cm³/mol. The summed E-state index contributed by atoms with van der Waals surface area (Å²) in [6.45, 7) is 13.7. The molecule has 9 rings (SSSR count). The number of nitrogens with zero attached hydrogens (tertiary/aromatic N) is 2. The molecule has 0 radical (unpaired) electrons. The largest absolute Gasteiger partial charge is 0.268 e. The average Bonchev–Trinajstić information content (AvgIpc) is 0.681. The second-order valence-electron chi connectivity index (χ2n) is 36.4. The minimum atomic E-state index is -0.673. The second kappa shape index (κ2) is 53.6. The molecule has 0 saturated carbocycles. The van der Waals surface area contributed by atoms with Crippen molar-refractivity contribution in [1.82, 2.24) is 0 Å². The van der Waals surface area contributed by atoms with Crippen LogP contribution in [0.15, 0.2) is 60.7 Å². The Bertz CT molecular complexity index is 3720. The van der Waals surface area contributed by atoms with Crippen LogP contribution >= 0.6 is 0 Å². The summed E-state index contributed by atoms with van der Waals surface area (Å²) in [4.78, 5) is 65.7. The number of carbonyl (C=O) groups excluding carboxylic acids is 4. The molecule has 2 aliphatic rings. The maximum absolute atomic E-state index is 18.1. The highest BCUT2D eigenvalue weighted by molar-refractivity contribution is 6.45. The molecular weight excluding hydrogens is 1430 g/mol. The fraction of sp³-hybridized carbons (Fsp3) is 0.667. The lowest BCUT2D eigenvalue weighted by atomic mass is 9.81. The molecule has 0 fully saturated rings. The molecule has 2 heterocycles. The van der Waals surface area contributed by atoms with Gasteiger partial charge in [0.05, 0.1) is 22.5 Å². The topological polar surface area (TPSA) is 74.8 Å². The number of imide groups is 2. The lowest BCUT2D eigenvalue weighted by Gasteiger charge is -2.31. The summed E-state index contributed by atoms with van der Waals surface area (Å²) in [5.41, 5.74) is 9.51. The van der Waals surface area contributed by atoms with Crippen molar-refractivity contribution in [2.45, 2.75) is 465 Å². The van der Waals surface area contributed by atoms with E-state index in [9.17, 15) is 0 Å². The molecule has 640 valence electrons. The molecule has 6 nitrogen and oxygen atoms in total. The number of amides is 4. The van der Waals surface area contributed by atoms with Crippen molar-refractivity contribution < 1.29 is 28.0 Å². The van der Waals surface area contributed by atoms with Gasteiger partial charge >= 0.3 is 0 Å². The van der Waals surface area contributed by atoms with Gasteiger partial charge in [0, 0.05) is 43.4 Å². The molecule has 7 aromatic carbocycles. The van der Waals surface area contributed by atoms with Gasteiger partial charge in [-0.3, -0.25) is 19.2 Å². The first-order valence-corrected chi connectivity index (χ1v) is 49.7. The molecule has 7 aromatic rings. The number of carbonyl (C=O) groups is 4. The number of rotatable bonds is 68. The number of halogens is 2. The van der Waals surface area contributed by atoms with Crippen LogP contribution in [0.4, 0.5) is 20.2 Å². The average molecular weight is 1590 g/mol. The van der Waals surface area contributed by atoms with E-state index < -0.39 is 35.3 Å². The minimum absolute atomic E-state index is 0.0738. The fourth-order valence-electron chi connectivity index (χ4n) is 20.0. The van der Waals surface area contributed by atoms with Crippen LogP contribution in [-0.2, 0) is 38.5 Å². The van der Waals surface area contributed by atoms with Crippen molar-refractivity contribution in [3.8, 4) is 0 Å². The smallest absolute Gasteiger partial charge is 0.266 e. The van der Waals surface area contributed by atoms with E-state index >= 15 is 28.0 Å². The van der Waals surface area contributed by atoms with Crippen LogP contribution in [0.3, 0.4) is 0 Å². The molecule has 0 spiro atoms. The molecule has 2 aliphatic heterocycles. The van der Waals surface area contributed by atoms with E-state index in [2.05, 4.69) is 65.8 Å². The number of hydrogen-bond donors (Lipinski definition) is 0. The zero-order valence-corrected chi connectivity index (χ0v) is 74.7. The SMILES string of the molecule is CCCCCCCCCCCCc1cc(N2C(=O)c3ccc4c5c(F)cc6c7c(ccc(c8c(F)cc(c3c48)C2=O)c75)C(=O)N(c2cc(CCCCCCCCCCCC)c(CCCCCCCCCCCC)c(CCCCCCCCCCCC)c2)C6=O)cc(CCCCCCCCCCCC)c1CCCCCCCCCCCC. The van der Waals surface area contributed by atoms with E-state index in [4.69, 9.17) is 0 Å². The molecule has 0 saturated heterocycles. The maximum Gasteiger partial charge on any atom is 0.266 e. The van der Waals surface area contributed by atoms with Crippen LogP contribution in [0.2, 0.25) is 0 Å². The van der Waals surface area contributed by atoms with E-state index in [0.717, 1.165) is 103 Å². The van der Waals surface area contributed by atoms with Gasteiger partial charge in [-0.25, -0.2) is 18.6 Å². The Morgan fingerprint density at radius 3 is 0.612 bits per heavy atom. The summed E-state index contributed by atoms with van der Waals surface area (Å²) >= 11 is 0. The number of anilines is 2. The molecule has 116 heavy (non-hydrogen) atoms. The van der Waals surface area contributed by atoms with Crippen LogP contribution in [-0.4, -0.2) is 23.6 Å². The first-order valence-electron chi connectivity index (χ1n) is 49.7. The third-order valence-electron chi connectivity index (χ3n) is 26.9. The van der Waals surface area contributed by atoms with E-state index in [1.54, 1.807) is 24.3 Å². The van der Waals surface area contributed by atoms with Gasteiger partial charge in [0.15, 0.2) is 0 Å². The minimum Gasteiger partial charge on any atom is -0.268 e. The molecular formula is C108H160F2N2O4. The number of unbranched alkanes of at least 4 members (excludes halogenated alkanes) is 54. The van der Waals surface area contributed by atoms with Gasteiger partial charge in [0.1, 0.15) is 11.6 Å². The van der Waals surface area contributed by atoms with Gasteiger partial charge in [0.25, 0.3) is 23.6 Å². The summed E-state index contributed by atoms with van der Waals surface area (Å²) in [5, 5.41) is 2.21. The molecule has 0 N–H and O–H groups in total. The highest BCUT2D eigenvalue weighted by Gasteiger charge is 2.41. The molecule has 4 amide bonds. The Morgan fingerprint density at radius 1 is 0.207 bits per heavy atom. The highest BCUT2D eigenvalue weighted by Crippen LogP contribution is 2.50. The Kier molecular flexibility index (Phi) is 43.4. The van der Waals surface area contributed by atoms with Gasteiger partial charge in [-0.1, -0.05) is 400 Å². The standard InChI is InChI=1S/C108H160F2N2O4/c1-7-13-19-25-31-37-43-49-55-61-67-83-77-87(78-84(68-62-56-50-44-38-32-26-20-14-8-2)89(83)71-65-59-53-47-41-35-29-23-17-11-5)111-105(113)93-75-73-91-102-98(110)82-96-100-94(76-74-92(104(100)102)101-97(109)81-95(107(111)115)99(93)103(91)101)106(114)112(108(96)116)88-79-85(69-63-57-51-45-39-33-27-21-15-9-3)90(72-66-60-54-48-42-36-30-24-18-12-6)86(80-88)70-64-58-52-46-40-34-28-22-16-10-4/h73-82H,7-72H2,1-6H3. The molecule has 8 heteroatoms. The molecule has 0 aromatic heterocycles. The first-order chi connectivity index (χ1) is 57.0. The third-order valence-corrected chi connectivity index (χ3v) is 26.9. The molecule has 0 aliphatic carbocycles. The van der Waals surface area contributed by atoms with Crippen LogP contribution in [0.5, 0.6) is 0 Å². The zero-order chi connectivity index (χ0) is 81.9. The van der Waals surface area contributed by atoms with E-state index in [0.29, 0.717) is 43.7 Å². The van der Waals surface area contributed by atoms with Gasteiger partial charge in [-0.15, -0.1) is 0 Å². The normalized spacial score (nSPS) is 13.1. The van der Waals surface area contributed by atoms with Crippen molar-refractivity contribution in [2.24, 2.45) is 0 Å². The van der Waals surface area contributed by atoms with Crippen molar-refractivity contribution in [1.29, 1.82) is 0 Å². The highest BCUT2D eigenvalue weighted by atomic mass is 19.1. The van der Waals surface area contributed by atoms with Gasteiger partial charge in [-0.2, -0.15) is 0 Å². The second-order valence-corrected chi connectivity index (χ2v) is 36.4. The van der Waals surface area contributed by atoms with Crippen molar-refractivity contribution >= 4 is 78.1 Å². The summed E-state index contributed by atoms with van der Waals surface area (Å²) < 4.78 is 36.3. The summed E-state index contributed by atoms with van der Waals surface area (Å²) in [5.74, 6) is -3.45. The number of fused-ring (bicyclic) bond motifs is 2. The summed E-state index contributed by atoms with van der Waals surface area (Å²) in [6, 6.07) is 18.0. The molecule has 0 bridgehead atoms. The van der Waals surface area contributed by atoms with E-state index in [1.165, 1.54) is 376 Å². The van der Waals surface area contributed by atoms with Gasteiger partial charge < -0.3 is 0 Å². The molecule has 0 atom stereocenters. The van der Waals surface area contributed by atoms with Crippen LogP contribution in [0.25, 0.3) is 43.1 Å². The quantitative estimate of drug-likeness (QED) is 0.0165. The van der Waals surface area contributed by atoms with Crippen molar-refractivity contribution in [2.75, 3.05) is 9.80 Å². The fourth-order valence-corrected chi connectivity index (χ4v) is 20.0. The van der Waals surface area contributed by atoms with Crippen molar-refractivity contribution in [3.05, 3.63) is 128 Å². The number of benzene rings is 7. The van der Waals surface area contributed by atoms with Crippen LogP contribution in [0, 0.1) is 11.6 Å². The van der Waals surface area contributed by atoms with Crippen LogP contribution < -0.4 is 9.80 Å². The van der Waals surface area contributed by atoms with Crippen molar-refractivity contribution in [3.63, 3.8) is 0 Å². The summed E-state index contributed by atoms with van der Waals surface area (Å²) in [7, 11) is 0. The molecule has 0 unspecified atom stereocenters. The van der Waals surface area contributed by atoms with E-state index in [1.807, 2.05) is 0 Å². The van der Waals surface area contributed by atoms with E-state index in [-0.39, 0.29) is 33.0 Å². The van der Waals surface area contributed by atoms with Crippen LogP contribution in [0.1, 0.15) is 502 Å². The van der Waals surface area contributed by atoms with Gasteiger partial charge in [0.2, 0.25) is 0 Å². The number of hydrogen-bond acceptors (Lipinski definition) is 4. The monoisotopic (exact) mass is 1590 g/mol. The zero-order valence-electron chi connectivity index (χ0n) is 74.7. The lowest BCUT2D eigenvalue weighted by Crippen LogP contribution is -2.41. The third kappa shape index (κ3) is 27.5. The Morgan fingerprint density at radius 2 is 0.397 bits per heavy atom. The summed E-state index contributed by atoms with van der Waals surface area (Å²) in [6.07, 6.45) is 80.4.